The van der Waals surface area contributed by atoms with E-state index < -0.39 is 0 Å². The molecular weight excluding hydrogens is 414 g/mol. The molecular formula is C25H20ClNO4. The maximum Gasteiger partial charge on any atom is 0.238 e. The number of halogens is 1. The van der Waals surface area contributed by atoms with Crippen molar-refractivity contribution in [2.75, 3.05) is 11.5 Å². The largest absolute Gasteiger partial charge is 0.483 e. The van der Waals surface area contributed by atoms with Crippen LogP contribution in [0.2, 0.25) is 5.02 Å². The maximum absolute atomic E-state index is 13.4. The highest BCUT2D eigenvalue weighted by molar-refractivity contribution is 6.30. The summed E-state index contributed by atoms with van der Waals surface area (Å²) < 4.78 is 5.80. The van der Waals surface area contributed by atoms with E-state index in [1.807, 2.05) is 0 Å². The van der Waals surface area contributed by atoms with E-state index in [0.29, 0.717) is 33.9 Å². The average molecular weight is 434 g/mol. The zero-order valence-corrected chi connectivity index (χ0v) is 17.4. The summed E-state index contributed by atoms with van der Waals surface area (Å²) in [5.74, 6) is 0.775. The third-order valence-corrected chi connectivity index (χ3v) is 7.55. The molecule has 1 heterocycles. The Bertz CT molecular complexity index is 1100. The van der Waals surface area contributed by atoms with Gasteiger partial charge in [-0.1, -0.05) is 35.9 Å². The molecule has 2 aromatic rings. The number of ether oxygens (including phenoxy) is 1. The Labute approximate surface area is 184 Å². The van der Waals surface area contributed by atoms with Gasteiger partial charge in [0.15, 0.2) is 12.4 Å². The molecule has 5 nitrogen and oxygen atoms in total. The summed E-state index contributed by atoms with van der Waals surface area (Å²) in [7, 11) is 0. The summed E-state index contributed by atoms with van der Waals surface area (Å²) in [4.78, 5) is 40.6. The lowest BCUT2D eigenvalue weighted by molar-refractivity contribution is -0.124. The second-order valence-electron chi connectivity index (χ2n) is 8.85. The van der Waals surface area contributed by atoms with E-state index in [9.17, 15) is 14.4 Å². The Balaban J connectivity index is 1.26. The minimum Gasteiger partial charge on any atom is -0.483 e. The van der Waals surface area contributed by atoms with Crippen LogP contribution in [0.15, 0.2) is 60.7 Å². The van der Waals surface area contributed by atoms with Crippen molar-refractivity contribution in [1.29, 1.82) is 0 Å². The highest BCUT2D eigenvalue weighted by Gasteiger charge is 2.67. The molecule has 6 heteroatoms. The fourth-order valence-electron chi connectivity index (χ4n) is 5.82. The van der Waals surface area contributed by atoms with Gasteiger partial charge >= 0.3 is 0 Å². The summed E-state index contributed by atoms with van der Waals surface area (Å²) in [6.45, 7) is -0.196. The molecule has 31 heavy (non-hydrogen) atoms. The summed E-state index contributed by atoms with van der Waals surface area (Å²) in [5, 5.41) is 0.552. The Kier molecular flexibility index (Phi) is 4.12. The van der Waals surface area contributed by atoms with Crippen molar-refractivity contribution >= 4 is 34.9 Å². The van der Waals surface area contributed by atoms with Crippen molar-refractivity contribution in [2.24, 2.45) is 35.5 Å². The van der Waals surface area contributed by atoms with Gasteiger partial charge < -0.3 is 4.74 Å². The zero-order chi connectivity index (χ0) is 21.3. The molecule has 1 aliphatic heterocycles. The molecule has 0 unspecified atom stereocenters. The first-order chi connectivity index (χ1) is 15.0. The first kappa shape index (κ1) is 18.8. The lowest BCUT2D eigenvalue weighted by Crippen LogP contribution is -2.40. The molecule has 2 saturated carbocycles. The Hall–Kier alpha value is -2.92. The van der Waals surface area contributed by atoms with Crippen LogP contribution in [0.1, 0.15) is 16.8 Å². The molecule has 7 rings (SSSR count). The van der Waals surface area contributed by atoms with Crippen LogP contribution in [0.3, 0.4) is 0 Å². The van der Waals surface area contributed by atoms with Gasteiger partial charge in [0.1, 0.15) is 5.75 Å². The van der Waals surface area contributed by atoms with Crippen LogP contribution in [0, 0.1) is 35.5 Å². The van der Waals surface area contributed by atoms with Gasteiger partial charge in [-0.2, -0.15) is 0 Å². The first-order valence-corrected chi connectivity index (χ1v) is 11.0. The number of nitrogens with zero attached hydrogens (tertiary/aromatic N) is 1. The number of rotatable bonds is 5. The quantitative estimate of drug-likeness (QED) is 0.403. The molecule has 2 amide bonds. The second-order valence-corrected chi connectivity index (χ2v) is 9.29. The number of amides is 2. The lowest BCUT2D eigenvalue weighted by Gasteiger charge is -2.37. The van der Waals surface area contributed by atoms with Crippen molar-refractivity contribution in [3.63, 3.8) is 0 Å². The number of Topliss-reactive ketones (excluding diaryl/α,β-unsaturated/α-hetero) is 1. The van der Waals surface area contributed by atoms with E-state index in [4.69, 9.17) is 16.3 Å². The Morgan fingerprint density at radius 1 is 0.935 bits per heavy atom. The average Bonchev–Trinajstić information content (AvgIpc) is 3.56. The molecule has 5 aliphatic rings. The molecule has 0 aromatic heterocycles. The SMILES string of the molecule is O=C(COc1ccccc1N1C(=O)[C@@H]2[C@@H]3C=C[C@H]([C@H]4C[C@H]34)[C@@H]2C1=O)c1ccc(Cl)cc1. The molecule has 0 spiro atoms. The van der Waals surface area contributed by atoms with E-state index >= 15 is 0 Å². The minimum absolute atomic E-state index is 0.139. The number of benzene rings is 2. The summed E-state index contributed by atoms with van der Waals surface area (Å²) in [6, 6.07) is 13.5. The van der Waals surface area contributed by atoms with Gasteiger partial charge in [0.25, 0.3) is 0 Å². The van der Waals surface area contributed by atoms with Crippen molar-refractivity contribution in [3.05, 3.63) is 71.3 Å². The minimum atomic E-state index is -0.269. The predicted octanol–water partition coefficient (Wildman–Crippen LogP) is 4.16. The molecule has 0 radical (unpaired) electrons. The van der Waals surface area contributed by atoms with Gasteiger partial charge in [0, 0.05) is 10.6 Å². The van der Waals surface area contributed by atoms with Gasteiger partial charge in [-0.25, -0.2) is 4.90 Å². The highest BCUT2D eigenvalue weighted by Crippen LogP contribution is 2.65. The lowest BCUT2D eigenvalue weighted by atomic mass is 9.63. The Morgan fingerprint density at radius 3 is 2.19 bits per heavy atom. The maximum atomic E-state index is 13.4. The zero-order valence-electron chi connectivity index (χ0n) is 16.6. The van der Waals surface area contributed by atoms with Crippen molar-refractivity contribution in [1.82, 2.24) is 0 Å². The molecule has 1 saturated heterocycles. The van der Waals surface area contributed by atoms with Gasteiger partial charge in [0.2, 0.25) is 11.8 Å². The monoisotopic (exact) mass is 433 g/mol. The van der Waals surface area contributed by atoms with Gasteiger partial charge in [-0.05, 0) is 66.5 Å². The standard InChI is InChI=1S/C25H20ClNO4/c26-14-7-5-13(6-8-14)20(28)12-31-21-4-2-1-3-19(21)27-24(29)22-15-9-10-16(18-11-17(15)18)23(22)25(27)30/h1-10,15-18,22-23H,11-12H2/t15-,16-,17-,18-,22-,23+/m1/s1. The number of hydrogen-bond donors (Lipinski definition) is 0. The number of imide groups is 1. The number of carbonyl (C=O) groups excluding carboxylic acids is 3. The summed E-state index contributed by atoms with van der Waals surface area (Å²) in [6.07, 6.45) is 5.44. The molecule has 2 aromatic carbocycles. The number of allylic oxidation sites excluding steroid dienone is 2. The molecule has 3 fully saturated rings. The number of carbonyl (C=O) groups is 3. The van der Waals surface area contributed by atoms with Crippen molar-refractivity contribution in [3.8, 4) is 5.75 Å². The van der Waals surface area contributed by atoms with Gasteiger partial charge in [-0.3, -0.25) is 14.4 Å². The van der Waals surface area contributed by atoms with E-state index in [1.54, 1.807) is 48.5 Å². The smallest absolute Gasteiger partial charge is 0.238 e. The number of ketones is 1. The van der Waals surface area contributed by atoms with Crippen LogP contribution in [0.4, 0.5) is 5.69 Å². The molecule has 2 bridgehead atoms. The van der Waals surface area contributed by atoms with E-state index in [2.05, 4.69) is 12.2 Å². The van der Waals surface area contributed by atoms with Crippen LogP contribution < -0.4 is 9.64 Å². The van der Waals surface area contributed by atoms with Gasteiger partial charge in [0.05, 0.1) is 17.5 Å². The summed E-state index contributed by atoms with van der Waals surface area (Å²) in [5.41, 5.74) is 0.909. The Morgan fingerprint density at radius 2 is 1.55 bits per heavy atom. The molecule has 156 valence electrons. The molecule has 6 atom stereocenters. The highest BCUT2D eigenvalue weighted by atomic mass is 35.5. The second kappa shape index (κ2) is 6.79. The van der Waals surface area contributed by atoms with Crippen LogP contribution >= 0.6 is 11.6 Å². The van der Waals surface area contributed by atoms with Crippen LogP contribution in [-0.4, -0.2) is 24.2 Å². The fraction of sp³-hybridized carbons (Fsp3) is 0.320. The normalized spacial score (nSPS) is 32.1. The molecule has 4 aliphatic carbocycles. The van der Waals surface area contributed by atoms with Crippen molar-refractivity contribution in [2.45, 2.75) is 6.42 Å². The predicted molar refractivity (Wildman–Crippen MR) is 115 cm³/mol. The van der Waals surface area contributed by atoms with Crippen LogP contribution in [0.25, 0.3) is 0 Å². The topological polar surface area (TPSA) is 63.7 Å². The number of para-hydroxylation sites is 2. The van der Waals surface area contributed by atoms with E-state index in [0.717, 1.165) is 6.42 Å². The summed E-state index contributed by atoms with van der Waals surface area (Å²) >= 11 is 5.88. The third-order valence-electron chi connectivity index (χ3n) is 7.29. The van der Waals surface area contributed by atoms with E-state index in [1.165, 1.54) is 4.90 Å². The van der Waals surface area contributed by atoms with Crippen LogP contribution in [0.5, 0.6) is 5.75 Å². The number of hydrogen-bond acceptors (Lipinski definition) is 4. The van der Waals surface area contributed by atoms with Crippen molar-refractivity contribution < 1.29 is 19.1 Å². The van der Waals surface area contributed by atoms with Crippen LogP contribution in [-0.2, 0) is 9.59 Å². The van der Waals surface area contributed by atoms with E-state index in [-0.39, 0.29) is 47.9 Å². The fourth-order valence-corrected chi connectivity index (χ4v) is 5.95. The van der Waals surface area contributed by atoms with Gasteiger partial charge in [-0.15, -0.1) is 0 Å². The number of anilines is 1. The third kappa shape index (κ3) is 2.79. The molecule has 0 N–H and O–H groups in total. The first-order valence-electron chi connectivity index (χ1n) is 10.6.